The van der Waals surface area contributed by atoms with Gasteiger partial charge in [-0.15, -0.1) is 11.3 Å². The smallest absolute Gasteiger partial charge is 0.223 e. The van der Waals surface area contributed by atoms with Crippen molar-refractivity contribution in [2.75, 3.05) is 10.6 Å². The van der Waals surface area contributed by atoms with E-state index in [2.05, 4.69) is 20.6 Å². The number of rotatable bonds is 4. The number of hydrogen-bond donors (Lipinski definition) is 2. The highest BCUT2D eigenvalue weighted by Gasteiger charge is 2.13. The fourth-order valence-corrected chi connectivity index (χ4v) is 3.69. The maximum Gasteiger partial charge on any atom is 0.223 e. The molecule has 0 spiro atoms. The lowest BCUT2D eigenvalue weighted by atomic mass is 10.3. The molecule has 0 radical (unpaired) electrons. The lowest BCUT2D eigenvalue weighted by Gasteiger charge is -2.00. The van der Waals surface area contributed by atoms with E-state index in [9.17, 15) is 4.79 Å². The van der Waals surface area contributed by atoms with Crippen molar-refractivity contribution < 1.29 is 4.79 Å². The first-order valence-electron chi connectivity index (χ1n) is 6.65. The number of carbonyl (C=O) groups excluding carboxylic acids is 1. The zero-order valence-corrected chi connectivity index (χ0v) is 13.7. The predicted molar refractivity (Wildman–Crippen MR) is 92.0 cm³/mol. The molecule has 3 aromatic rings. The van der Waals surface area contributed by atoms with Crippen molar-refractivity contribution >= 4 is 44.5 Å². The van der Waals surface area contributed by atoms with E-state index in [0.29, 0.717) is 5.13 Å². The number of amides is 1. The molecule has 2 heterocycles. The molecule has 112 valence electrons. The molecule has 0 fully saturated rings. The summed E-state index contributed by atoms with van der Waals surface area (Å²) in [6.45, 7) is 3.39. The van der Waals surface area contributed by atoms with E-state index >= 15 is 0 Å². The van der Waals surface area contributed by atoms with E-state index < -0.39 is 0 Å². The highest BCUT2D eigenvalue weighted by molar-refractivity contribution is 7.20. The van der Waals surface area contributed by atoms with Crippen LogP contribution in [0.5, 0.6) is 0 Å². The Balaban J connectivity index is 1.81. The number of aryl methyl sites for hydroxylation is 1. The van der Waals surface area contributed by atoms with Gasteiger partial charge in [0, 0.05) is 18.0 Å². The summed E-state index contributed by atoms with van der Waals surface area (Å²) in [5.74, 6) is -0.120. The molecule has 0 aliphatic carbocycles. The number of anilines is 3. The maximum absolute atomic E-state index is 11.1. The van der Waals surface area contributed by atoms with Gasteiger partial charge in [-0.3, -0.25) is 4.79 Å². The molecule has 22 heavy (non-hydrogen) atoms. The summed E-state index contributed by atoms with van der Waals surface area (Å²) < 4.78 is 0. The van der Waals surface area contributed by atoms with Gasteiger partial charge in [-0.2, -0.15) is 0 Å². The van der Waals surface area contributed by atoms with Crippen LogP contribution in [-0.2, 0) is 4.79 Å². The topological polar surface area (TPSA) is 66.9 Å². The minimum atomic E-state index is -0.120. The van der Waals surface area contributed by atoms with Crippen LogP contribution in [0.25, 0.3) is 10.6 Å². The van der Waals surface area contributed by atoms with Crippen molar-refractivity contribution in [1.29, 1.82) is 0 Å². The number of nitrogens with zero attached hydrogens (tertiary/aromatic N) is 2. The number of para-hydroxylation sites is 1. The Morgan fingerprint density at radius 2 is 1.91 bits per heavy atom. The van der Waals surface area contributed by atoms with Crippen molar-refractivity contribution in [1.82, 2.24) is 9.97 Å². The van der Waals surface area contributed by atoms with Crippen LogP contribution < -0.4 is 10.6 Å². The van der Waals surface area contributed by atoms with Crippen LogP contribution in [-0.4, -0.2) is 15.9 Å². The van der Waals surface area contributed by atoms with Gasteiger partial charge in [0.25, 0.3) is 0 Å². The third kappa shape index (κ3) is 3.32. The molecule has 0 atom stereocenters. The first-order valence-corrected chi connectivity index (χ1v) is 8.34. The standard InChI is InChI=1S/C15H14N4OS2/c1-9-13(22-15(16-9)17-10(2)20)12-8-21-14(19-12)18-11-6-4-3-5-7-11/h3-8H,1-2H3,(H,18,19)(H,16,17,20). The Morgan fingerprint density at radius 1 is 1.14 bits per heavy atom. The summed E-state index contributed by atoms with van der Waals surface area (Å²) >= 11 is 2.97. The Morgan fingerprint density at radius 3 is 2.64 bits per heavy atom. The van der Waals surface area contributed by atoms with E-state index in [0.717, 1.165) is 27.1 Å². The van der Waals surface area contributed by atoms with Crippen LogP contribution in [0, 0.1) is 6.92 Å². The molecule has 7 heteroatoms. The number of carbonyl (C=O) groups is 1. The van der Waals surface area contributed by atoms with Crippen LogP contribution in [0.4, 0.5) is 16.0 Å². The van der Waals surface area contributed by atoms with Gasteiger partial charge in [0.15, 0.2) is 10.3 Å². The van der Waals surface area contributed by atoms with E-state index in [1.807, 2.05) is 42.6 Å². The molecule has 0 aliphatic heterocycles. The fourth-order valence-electron chi connectivity index (χ4n) is 1.92. The number of aromatic nitrogens is 2. The molecular formula is C15H14N4OS2. The van der Waals surface area contributed by atoms with Gasteiger partial charge in [0.1, 0.15) is 0 Å². The normalized spacial score (nSPS) is 10.5. The second-order valence-electron chi connectivity index (χ2n) is 4.64. The molecule has 2 aromatic heterocycles. The number of hydrogen-bond acceptors (Lipinski definition) is 6. The summed E-state index contributed by atoms with van der Waals surface area (Å²) in [4.78, 5) is 21.0. The Hall–Kier alpha value is -2.25. The molecule has 0 saturated heterocycles. The van der Waals surface area contributed by atoms with Gasteiger partial charge >= 0.3 is 0 Å². The monoisotopic (exact) mass is 330 g/mol. The van der Waals surface area contributed by atoms with Crippen LogP contribution in [0.15, 0.2) is 35.7 Å². The second kappa shape index (κ2) is 6.25. The van der Waals surface area contributed by atoms with Crippen molar-refractivity contribution in [3.8, 4) is 10.6 Å². The summed E-state index contributed by atoms with van der Waals surface area (Å²) in [6.07, 6.45) is 0. The van der Waals surface area contributed by atoms with E-state index in [-0.39, 0.29) is 5.91 Å². The second-order valence-corrected chi connectivity index (χ2v) is 6.50. The SMILES string of the molecule is CC(=O)Nc1nc(C)c(-c2csc(Nc3ccccc3)n2)s1. The minimum Gasteiger partial charge on any atom is -0.332 e. The average molecular weight is 330 g/mol. The van der Waals surface area contributed by atoms with Gasteiger partial charge in [-0.1, -0.05) is 29.5 Å². The first kappa shape index (κ1) is 14.7. The lowest BCUT2D eigenvalue weighted by molar-refractivity contribution is -0.114. The molecule has 0 aliphatic rings. The molecule has 1 amide bonds. The van der Waals surface area contributed by atoms with Gasteiger partial charge < -0.3 is 10.6 Å². The number of thiazole rings is 2. The van der Waals surface area contributed by atoms with Gasteiger partial charge in [-0.25, -0.2) is 9.97 Å². The number of benzene rings is 1. The van der Waals surface area contributed by atoms with Gasteiger partial charge in [-0.05, 0) is 19.1 Å². The molecule has 5 nitrogen and oxygen atoms in total. The summed E-state index contributed by atoms with van der Waals surface area (Å²) in [5.41, 5.74) is 2.74. The molecule has 3 rings (SSSR count). The average Bonchev–Trinajstić information content (AvgIpc) is 3.06. The summed E-state index contributed by atoms with van der Waals surface area (Å²) in [7, 11) is 0. The highest BCUT2D eigenvalue weighted by atomic mass is 32.1. The van der Waals surface area contributed by atoms with E-state index in [1.54, 1.807) is 11.3 Å². The lowest BCUT2D eigenvalue weighted by Crippen LogP contribution is -2.04. The van der Waals surface area contributed by atoms with Crippen LogP contribution in [0.1, 0.15) is 12.6 Å². The molecule has 2 N–H and O–H groups in total. The first-order chi connectivity index (χ1) is 10.6. The van der Waals surface area contributed by atoms with Crippen molar-refractivity contribution in [3.05, 3.63) is 41.4 Å². The van der Waals surface area contributed by atoms with Gasteiger partial charge in [0.2, 0.25) is 5.91 Å². The molecule has 1 aromatic carbocycles. The van der Waals surface area contributed by atoms with Crippen LogP contribution in [0.3, 0.4) is 0 Å². The summed E-state index contributed by atoms with van der Waals surface area (Å²) in [5, 5.41) is 9.41. The largest absolute Gasteiger partial charge is 0.332 e. The quantitative estimate of drug-likeness (QED) is 0.749. The molecule has 0 unspecified atom stereocenters. The number of nitrogens with one attached hydrogen (secondary N) is 2. The van der Waals surface area contributed by atoms with Crippen LogP contribution >= 0.6 is 22.7 Å². The minimum absolute atomic E-state index is 0.120. The molecule has 0 bridgehead atoms. The van der Waals surface area contributed by atoms with Gasteiger partial charge in [0.05, 0.1) is 16.3 Å². The zero-order valence-electron chi connectivity index (χ0n) is 12.1. The van der Waals surface area contributed by atoms with Crippen molar-refractivity contribution in [3.63, 3.8) is 0 Å². The third-order valence-electron chi connectivity index (χ3n) is 2.84. The fraction of sp³-hybridized carbons (Fsp3) is 0.133. The molecule has 0 saturated carbocycles. The Bertz CT molecular complexity index is 795. The van der Waals surface area contributed by atoms with Crippen LogP contribution in [0.2, 0.25) is 0 Å². The maximum atomic E-state index is 11.1. The zero-order chi connectivity index (χ0) is 15.5. The highest BCUT2D eigenvalue weighted by Crippen LogP contribution is 2.35. The summed E-state index contributed by atoms with van der Waals surface area (Å²) in [6, 6.07) is 9.91. The van der Waals surface area contributed by atoms with E-state index in [1.165, 1.54) is 18.3 Å². The van der Waals surface area contributed by atoms with Crippen molar-refractivity contribution in [2.24, 2.45) is 0 Å². The Labute approximate surface area is 136 Å². The third-order valence-corrected chi connectivity index (χ3v) is 4.69. The van der Waals surface area contributed by atoms with Crippen molar-refractivity contribution in [2.45, 2.75) is 13.8 Å². The van der Waals surface area contributed by atoms with E-state index in [4.69, 9.17) is 0 Å². The molecular weight excluding hydrogens is 316 g/mol. The Kier molecular flexibility index (Phi) is 4.17. The predicted octanol–water partition coefficient (Wildman–Crippen LogP) is 4.28.